The monoisotopic (exact) mass is 1720 g/mol. The number of allylic oxidation sites excluding steroid dienone is 1. The Hall–Kier alpha value is -13.3. The van der Waals surface area contributed by atoms with Crippen molar-refractivity contribution in [1.82, 2.24) is 39.9 Å². The molecule has 5 aliphatic rings. The van der Waals surface area contributed by atoms with Gasteiger partial charge in [0.05, 0.1) is 50.6 Å². The van der Waals surface area contributed by atoms with Crippen LogP contribution in [0, 0.1) is 0 Å². The Kier molecular flexibility index (Phi) is 19.3. The molecule has 2 aliphatic carbocycles. The molecule has 132 heavy (non-hydrogen) atoms. The predicted octanol–water partition coefficient (Wildman–Crippen LogP) is 32.7. The smallest absolute Gasteiger partial charge is 0.0819 e. The minimum atomic E-state index is -1.04. The summed E-state index contributed by atoms with van der Waals surface area (Å²) >= 11 is 0. The van der Waals surface area contributed by atoms with Crippen LogP contribution in [0.4, 0.5) is 0 Å². The van der Waals surface area contributed by atoms with Crippen molar-refractivity contribution in [2.75, 3.05) is 0 Å². The average Bonchev–Trinajstić information content (AvgIpc) is 1.46. The fraction of sp³-hybridized carbons (Fsp3) is 0.274. The highest BCUT2D eigenvalue weighted by Crippen LogP contribution is 2.63. The molecule has 1 atom stereocenters. The van der Waals surface area contributed by atoms with Crippen molar-refractivity contribution in [2.45, 2.75) is 221 Å². The molecular weight excluding hydrogens is 1600 g/mol. The van der Waals surface area contributed by atoms with E-state index < -0.39 is 5.41 Å². The highest BCUT2D eigenvalue weighted by molar-refractivity contribution is 6.25. The lowest BCUT2D eigenvalue weighted by molar-refractivity contribution is 0.586. The second-order valence-electron chi connectivity index (χ2n) is 46.2. The van der Waals surface area contributed by atoms with E-state index in [0.29, 0.717) is 6.42 Å². The van der Waals surface area contributed by atoms with Crippen molar-refractivity contribution in [2.24, 2.45) is 0 Å². The molecule has 0 fully saturated rings. The van der Waals surface area contributed by atoms with E-state index in [1.807, 2.05) is 0 Å². The first-order valence-corrected chi connectivity index (χ1v) is 47.5. The van der Waals surface area contributed by atoms with E-state index in [1.165, 1.54) is 60.7 Å². The van der Waals surface area contributed by atoms with Crippen molar-refractivity contribution < 1.29 is 0 Å². The Labute approximate surface area is 778 Å². The number of aromatic amines is 4. The molecule has 21 rings (SSSR count). The maximum Gasteiger partial charge on any atom is 0.0819 e. The Morgan fingerprint density at radius 2 is 0.545 bits per heavy atom. The third kappa shape index (κ3) is 14.3. The van der Waals surface area contributed by atoms with Crippen LogP contribution in [-0.4, -0.2) is 39.9 Å². The van der Waals surface area contributed by atoms with Crippen molar-refractivity contribution in [1.29, 1.82) is 0 Å². The van der Waals surface area contributed by atoms with Gasteiger partial charge in [-0.3, -0.25) is 0 Å². The van der Waals surface area contributed by atoms with Crippen LogP contribution >= 0.6 is 0 Å². The molecule has 10 heterocycles. The lowest BCUT2D eigenvalue weighted by atomic mass is 9.58. The van der Waals surface area contributed by atoms with E-state index in [9.17, 15) is 0 Å². The quantitative estimate of drug-likeness (QED) is 0.133. The van der Waals surface area contributed by atoms with Crippen LogP contribution in [0.2, 0.25) is 0 Å². The Morgan fingerprint density at radius 3 is 0.902 bits per heavy atom. The fourth-order valence-corrected chi connectivity index (χ4v) is 21.2. The number of fused-ring (bicyclic) bond motifs is 25. The summed E-state index contributed by atoms with van der Waals surface area (Å²) in [6.45, 7) is 55.5. The van der Waals surface area contributed by atoms with Crippen LogP contribution in [0.25, 0.3) is 197 Å². The molecule has 16 aromatic rings. The second-order valence-corrected chi connectivity index (χ2v) is 46.2. The first-order chi connectivity index (χ1) is 62.4. The molecule has 16 bridgehead atoms. The summed E-state index contributed by atoms with van der Waals surface area (Å²) in [4.78, 5) is 42.1. The van der Waals surface area contributed by atoms with Crippen molar-refractivity contribution in [3.8, 4) is 77.9 Å². The minimum Gasteiger partial charge on any atom is -0.354 e. The van der Waals surface area contributed by atoms with E-state index in [-0.39, 0.29) is 43.3 Å². The largest absolute Gasteiger partial charge is 0.354 e. The molecule has 3 aliphatic heterocycles. The van der Waals surface area contributed by atoms with Gasteiger partial charge in [0.25, 0.3) is 0 Å². The van der Waals surface area contributed by atoms with Crippen LogP contribution in [0.15, 0.2) is 231 Å². The number of aromatic nitrogens is 8. The van der Waals surface area contributed by atoms with Gasteiger partial charge in [-0.05, 0) is 245 Å². The number of rotatable bonds is 6. The van der Waals surface area contributed by atoms with Gasteiger partial charge >= 0.3 is 0 Å². The van der Waals surface area contributed by atoms with Gasteiger partial charge in [-0.2, -0.15) is 0 Å². The van der Waals surface area contributed by atoms with E-state index in [4.69, 9.17) is 19.9 Å². The summed E-state index contributed by atoms with van der Waals surface area (Å²) in [6.07, 6.45) is 14.7. The summed E-state index contributed by atoms with van der Waals surface area (Å²) in [5, 5.41) is 5.65. The molecule has 8 nitrogen and oxygen atoms in total. The van der Waals surface area contributed by atoms with Gasteiger partial charge < -0.3 is 19.9 Å². The molecular formula is C124H122N8. The summed E-state index contributed by atoms with van der Waals surface area (Å²) in [7, 11) is 0. The highest BCUT2D eigenvalue weighted by atomic mass is 14.8. The zero-order chi connectivity index (χ0) is 92.5. The molecule has 1 unspecified atom stereocenters. The predicted molar refractivity (Wildman–Crippen MR) is 564 cm³/mol. The van der Waals surface area contributed by atoms with Crippen LogP contribution in [-0.2, 0) is 48.7 Å². The molecule has 658 valence electrons. The average molecular weight is 1720 g/mol. The van der Waals surface area contributed by atoms with Gasteiger partial charge in [0.1, 0.15) is 0 Å². The lowest BCUT2D eigenvalue weighted by Gasteiger charge is -2.43. The fourth-order valence-electron chi connectivity index (χ4n) is 21.2. The number of nitrogens with one attached hydrogen (secondary N) is 4. The third-order valence-electron chi connectivity index (χ3n) is 29.0. The highest BCUT2D eigenvalue weighted by Gasteiger charge is 2.51. The van der Waals surface area contributed by atoms with Crippen LogP contribution in [0.3, 0.4) is 0 Å². The standard InChI is InChI=1S/C124H122N8/c1-116(2,3)76-37-25-70(26-38-76)103-90-53-55-93(125-90)106(73-31-43-79(44-32-73)119(10,11)12)97-61-64-101(130-97)110-86-52-50-83(123(22,23)24)68-88(86)124(89-69-102(131-113(89)110)107(98-58-57-94(103)127-98)74-33-45-80(46-34-74)120(13,14)15)66-65-85-87-67-82(122(19,20)21)49-51-84(87)109-100-63-60-96(129-100)105(72-29-41-78(42-30-72)118(7,8)9)92-56-54-91(126-92)104(71-27-39-77(40-28-71)117(4,5)6)95-59-62-99(128-95)108(115-112(124)111(85)114(109)132-115)75-35-47-81(48-36-75)121(16,17)18/h25-65,67-69,127-130H,66H2,1-24H3. The Morgan fingerprint density at radius 1 is 0.250 bits per heavy atom. The van der Waals surface area contributed by atoms with Gasteiger partial charge in [0, 0.05) is 99.4 Å². The van der Waals surface area contributed by atoms with E-state index >= 15 is 0 Å². The lowest BCUT2D eigenvalue weighted by Crippen LogP contribution is -2.36. The van der Waals surface area contributed by atoms with Crippen LogP contribution in [0.1, 0.15) is 262 Å². The van der Waals surface area contributed by atoms with Gasteiger partial charge in [0.2, 0.25) is 0 Å². The summed E-state index contributed by atoms with van der Waals surface area (Å²) < 4.78 is 0. The third-order valence-corrected chi connectivity index (χ3v) is 29.0. The molecule has 7 aromatic heterocycles. The molecule has 9 aromatic carbocycles. The Balaban J connectivity index is 0.990. The molecule has 0 saturated heterocycles. The first kappa shape index (κ1) is 85.5. The van der Waals surface area contributed by atoms with E-state index in [1.54, 1.807) is 0 Å². The van der Waals surface area contributed by atoms with Gasteiger partial charge in [-0.15, -0.1) is 0 Å². The topological polar surface area (TPSA) is 115 Å². The summed E-state index contributed by atoms with van der Waals surface area (Å²) in [5.41, 5.74) is 40.5. The number of hydrogen-bond acceptors (Lipinski definition) is 4. The first-order valence-electron chi connectivity index (χ1n) is 47.5. The van der Waals surface area contributed by atoms with Crippen molar-refractivity contribution in [3.05, 3.63) is 326 Å². The normalized spacial score (nSPS) is 15.0. The molecule has 0 radical (unpaired) electrons. The number of benzene rings is 9. The number of H-pyrrole nitrogens is 4. The van der Waals surface area contributed by atoms with E-state index in [0.717, 1.165) is 195 Å². The van der Waals surface area contributed by atoms with Gasteiger partial charge in [-0.1, -0.05) is 348 Å². The molecule has 0 amide bonds. The maximum absolute atomic E-state index is 6.73. The maximum atomic E-state index is 6.73. The minimum absolute atomic E-state index is 0.0654. The van der Waals surface area contributed by atoms with Gasteiger partial charge in [-0.25, -0.2) is 19.9 Å². The van der Waals surface area contributed by atoms with Crippen LogP contribution < -0.4 is 5.22 Å². The van der Waals surface area contributed by atoms with Crippen molar-refractivity contribution >= 4 is 119 Å². The zero-order valence-corrected chi connectivity index (χ0v) is 81.4. The number of hydrogen-bond donors (Lipinski definition) is 4. The molecule has 4 N–H and O–H groups in total. The van der Waals surface area contributed by atoms with Crippen molar-refractivity contribution in [3.63, 3.8) is 0 Å². The SMILES string of the molecule is CC(C)(C)c1ccc(-c2c3nc(c(-c4ccc(C(C)(C)C)cc4)c4ccc([nH]4)c4c5nc(c(-c6ccc(C(C)(C)C)cc6)c6ccc2[nH]6)C=C5C2(CC=c5c6cc(C(C)(C)C)ccc6c6c7ccc([nH]7)c(-c7ccc(C(C)(C)C)cc7)c7nc(c(-c8ccc(C(C)(C)C)cc8)c8ccc([nH]8)c(-c8ccc(C(C)(C)C)cc8)c8nc6c5c82)C=C7)c2cc(C(C)(C)C)ccc2-4)C=C3)cc1. The summed E-state index contributed by atoms with van der Waals surface area (Å²) in [6, 6.07) is 88.9. The van der Waals surface area contributed by atoms with E-state index in [2.05, 4.69) is 453 Å². The molecule has 8 heteroatoms. The van der Waals surface area contributed by atoms with Gasteiger partial charge in [0.15, 0.2) is 0 Å². The van der Waals surface area contributed by atoms with Crippen LogP contribution in [0.5, 0.6) is 0 Å². The molecule has 1 spiro atoms. The second kappa shape index (κ2) is 29.9. The zero-order valence-electron chi connectivity index (χ0n) is 81.4. The number of nitrogens with zero attached hydrogens (tertiary/aromatic N) is 4. The molecule has 0 saturated carbocycles. The summed E-state index contributed by atoms with van der Waals surface area (Å²) in [5.74, 6) is 0. The Bertz CT molecular complexity index is 8000.